The van der Waals surface area contributed by atoms with Crippen LogP contribution in [0.15, 0.2) is 17.5 Å². The van der Waals surface area contributed by atoms with Crippen molar-refractivity contribution in [3.63, 3.8) is 0 Å². The molecule has 0 unspecified atom stereocenters. The van der Waals surface area contributed by atoms with Crippen LogP contribution in [0.1, 0.15) is 20.8 Å². The van der Waals surface area contributed by atoms with Gasteiger partial charge < -0.3 is 18.9 Å². The van der Waals surface area contributed by atoms with Crippen LogP contribution in [0.25, 0.3) is 0 Å². The van der Waals surface area contributed by atoms with Crippen molar-refractivity contribution >= 4 is 28.3 Å². The van der Waals surface area contributed by atoms with Crippen molar-refractivity contribution in [3.05, 3.63) is 28.8 Å². The van der Waals surface area contributed by atoms with Gasteiger partial charge in [-0.2, -0.15) is 0 Å². The number of hydrogen-bond acceptors (Lipinski definition) is 8. The quantitative estimate of drug-likeness (QED) is 0.796. The fourth-order valence-corrected chi connectivity index (χ4v) is 2.59. The second-order valence-corrected chi connectivity index (χ2v) is 5.25. The molecule has 2 aromatic rings. The molecule has 24 heavy (non-hydrogen) atoms. The molecule has 0 saturated carbocycles. The van der Waals surface area contributed by atoms with Crippen molar-refractivity contribution in [1.82, 2.24) is 4.98 Å². The van der Waals surface area contributed by atoms with Gasteiger partial charge >= 0.3 is 5.97 Å². The van der Waals surface area contributed by atoms with Crippen LogP contribution in [-0.2, 0) is 4.74 Å². The zero-order valence-corrected chi connectivity index (χ0v) is 14.4. The predicted molar refractivity (Wildman–Crippen MR) is 87.5 cm³/mol. The van der Waals surface area contributed by atoms with Crippen LogP contribution in [-0.4, -0.2) is 45.3 Å². The number of carbonyl (C=O) groups excluding carboxylic acids is 2. The third-order valence-electron chi connectivity index (χ3n) is 3.05. The summed E-state index contributed by atoms with van der Waals surface area (Å²) in [7, 11) is 5.63. The second-order valence-electron chi connectivity index (χ2n) is 4.39. The van der Waals surface area contributed by atoms with Crippen LogP contribution < -0.4 is 19.5 Å². The van der Waals surface area contributed by atoms with Gasteiger partial charge in [0.1, 0.15) is 5.75 Å². The normalized spacial score (nSPS) is 10.0. The topological polar surface area (TPSA) is 96.0 Å². The maximum atomic E-state index is 12.5. The number of methoxy groups -OCH3 is 4. The van der Waals surface area contributed by atoms with Gasteiger partial charge in [-0.1, -0.05) is 0 Å². The van der Waals surface area contributed by atoms with Crippen molar-refractivity contribution in [2.75, 3.05) is 33.8 Å². The highest BCUT2D eigenvalue weighted by Gasteiger charge is 2.20. The summed E-state index contributed by atoms with van der Waals surface area (Å²) in [5, 5.41) is 4.35. The van der Waals surface area contributed by atoms with Crippen molar-refractivity contribution in [3.8, 4) is 17.2 Å². The molecule has 1 heterocycles. The number of aromatic nitrogens is 1. The molecule has 0 radical (unpaired) electrons. The van der Waals surface area contributed by atoms with Crippen molar-refractivity contribution in [2.45, 2.75) is 0 Å². The summed E-state index contributed by atoms with van der Waals surface area (Å²) in [6.07, 6.45) is 0. The third-order valence-corrected chi connectivity index (χ3v) is 3.81. The first-order chi connectivity index (χ1) is 11.5. The number of rotatable bonds is 6. The molecule has 1 amide bonds. The highest BCUT2D eigenvalue weighted by atomic mass is 32.1. The number of amides is 1. The van der Waals surface area contributed by atoms with Gasteiger partial charge in [-0.25, -0.2) is 9.78 Å². The van der Waals surface area contributed by atoms with Crippen LogP contribution in [0.2, 0.25) is 0 Å². The molecule has 0 saturated heterocycles. The van der Waals surface area contributed by atoms with Gasteiger partial charge in [0.2, 0.25) is 0 Å². The Morgan fingerprint density at radius 2 is 1.83 bits per heavy atom. The highest BCUT2D eigenvalue weighted by molar-refractivity contribution is 7.14. The van der Waals surface area contributed by atoms with Crippen molar-refractivity contribution in [2.24, 2.45) is 0 Å². The lowest BCUT2D eigenvalue weighted by Crippen LogP contribution is -2.14. The van der Waals surface area contributed by atoms with Crippen LogP contribution in [0.3, 0.4) is 0 Å². The lowest BCUT2D eigenvalue weighted by molar-refractivity contribution is 0.0594. The number of hydrogen-bond donors (Lipinski definition) is 1. The molecule has 2 rings (SSSR count). The Balaban J connectivity index is 2.32. The number of benzene rings is 1. The van der Waals surface area contributed by atoms with E-state index in [2.05, 4.69) is 15.0 Å². The molecule has 0 bridgehead atoms. The van der Waals surface area contributed by atoms with E-state index in [1.54, 1.807) is 6.07 Å². The van der Waals surface area contributed by atoms with E-state index in [1.165, 1.54) is 39.9 Å². The van der Waals surface area contributed by atoms with E-state index >= 15 is 0 Å². The Kier molecular flexibility index (Phi) is 5.59. The van der Waals surface area contributed by atoms with Crippen LogP contribution >= 0.6 is 11.3 Å². The van der Waals surface area contributed by atoms with E-state index in [9.17, 15) is 9.59 Å². The van der Waals surface area contributed by atoms with Crippen LogP contribution in [0, 0.1) is 0 Å². The Morgan fingerprint density at radius 3 is 2.42 bits per heavy atom. The second kappa shape index (κ2) is 7.64. The number of ether oxygens (including phenoxy) is 4. The highest BCUT2D eigenvalue weighted by Crippen LogP contribution is 2.36. The lowest BCUT2D eigenvalue weighted by atomic mass is 10.1. The van der Waals surface area contributed by atoms with E-state index in [1.807, 2.05) is 0 Å². The smallest absolute Gasteiger partial charge is 0.357 e. The Bertz CT molecular complexity index is 758. The van der Waals surface area contributed by atoms with Gasteiger partial charge in [0.05, 0.1) is 34.0 Å². The van der Waals surface area contributed by atoms with Gasteiger partial charge in [0.15, 0.2) is 22.3 Å². The Labute approximate surface area is 142 Å². The summed E-state index contributed by atoms with van der Waals surface area (Å²) >= 11 is 1.10. The van der Waals surface area contributed by atoms with E-state index in [-0.39, 0.29) is 22.1 Å². The van der Waals surface area contributed by atoms with E-state index in [0.29, 0.717) is 11.5 Å². The summed E-state index contributed by atoms with van der Waals surface area (Å²) in [5.74, 6) is 0.00585. The van der Waals surface area contributed by atoms with Gasteiger partial charge in [-0.05, 0) is 6.07 Å². The maximum absolute atomic E-state index is 12.5. The van der Waals surface area contributed by atoms with E-state index in [0.717, 1.165) is 11.3 Å². The summed E-state index contributed by atoms with van der Waals surface area (Å²) in [4.78, 5) is 27.9. The van der Waals surface area contributed by atoms with E-state index < -0.39 is 11.9 Å². The molecular weight excluding hydrogens is 336 g/mol. The van der Waals surface area contributed by atoms with E-state index in [4.69, 9.17) is 14.2 Å². The van der Waals surface area contributed by atoms with Gasteiger partial charge in [0.25, 0.3) is 5.91 Å². The fraction of sp³-hybridized carbons (Fsp3) is 0.267. The number of anilines is 1. The summed E-state index contributed by atoms with van der Waals surface area (Å²) in [6, 6.07) is 3.12. The van der Waals surface area contributed by atoms with Gasteiger partial charge in [-0.15, -0.1) is 11.3 Å². The van der Waals surface area contributed by atoms with Gasteiger partial charge in [0, 0.05) is 11.4 Å². The molecule has 0 spiro atoms. The molecule has 0 atom stereocenters. The van der Waals surface area contributed by atoms with Crippen LogP contribution in [0.5, 0.6) is 17.2 Å². The molecule has 0 fully saturated rings. The molecule has 128 valence electrons. The first kappa shape index (κ1) is 17.5. The van der Waals surface area contributed by atoms with Crippen LogP contribution in [0.4, 0.5) is 5.13 Å². The zero-order chi connectivity index (χ0) is 17.7. The molecule has 1 aromatic heterocycles. The van der Waals surface area contributed by atoms with Crippen molar-refractivity contribution in [1.29, 1.82) is 0 Å². The fourth-order valence-electron chi connectivity index (χ4n) is 1.92. The standard InChI is InChI=1S/C15H16N2O6S/c1-20-8-5-9(12(22-3)11(6-8)21-2)13(18)17-15-16-10(7-24-15)14(19)23-4/h5-7H,1-4H3,(H,16,17,18). The Morgan fingerprint density at radius 1 is 1.08 bits per heavy atom. The molecule has 0 aliphatic heterocycles. The average molecular weight is 352 g/mol. The minimum absolute atomic E-state index is 0.119. The molecule has 0 aliphatic rings. The number of carbonyl (C=O) groups is 2. The Hall–Kier alpha value is -2.81. The third kappa shape index (κ3) is 3.57. The molecular formula is C15H16N2O6S. The summed E-state index contributed by atoms with van der Waals surface area (Å²) < 4.78 is 20.2. The summed E-state index contributed by atoms with van der Waals surface area (Å²) in [6.45, 7) is 0. The largest absolute Gasteiger partial charge is 0.497 e. The lowest BCUT2D eigenvalue weighted by Gasteiger charge is -2.14. The van der Waals surface area contributed by atoms with Gasteiger partial charge in [-0.3, -0.25) is 10.1 Å². The predicted octanol–water partition coefficient (Wildman–Crippen LogP) is 2.21. The SMILES string of the molecule is COC(=O)c1csc(NC(=O)c2cc(OC)cc(OC)c2OC)n1. The zero-order valence-electron chi connectivity index (χ0n) is 13.5. The molecule has 0 aliphatic carbocycles. The average Bonchev–Trinajstić information content (AvgIpc) is 3.07. The molecule has 9 heteroatoms. The monoisotopic (exact) mass is 352 g/mol. The minimum atomic E-state index is -0.577. The first-order valence-electron chi connectivity index (χ1n) is 6.69. The number of nitrogens with zero attached hydrogens (tertiary/aromatic N) is 1. The molecule has 8 nitrogen and oxygen atoms in total. The molecule has 1 aromatic carbocycles. The first-order valence-corrected chi connectivity index (χ1v) is 7.57. The number of nitrogens with one attached hydrogen (secondary N) is 1. The summed E-state index contributed by atoms with van der Waals surface area (Å²) in [5.41, 5.74) is 0.330. The van der Waals surface area contributed by atoms with Crippen molar-refractivity contribution < 1.29 is 28.5 Å². The molecule has 1 N–H and O–H groups in total. The number of thiazole rings is 1. The maximum Gasteiger partial charge on any atom is 0.357 e. The minimum Gasteiger partial charge on any atom is -0.497 e. The number of esters is 1.